The Kier molecular flexibility index (Phi) is 6.82. The van der Waals surface area contributed by atoms with E-state index in [1.54, 1.807) is 0 Å². The number of allylic oxidation sites excluding steroid dienone is 1. The molecule has 1 heterocycles. The Hall–Kier alpha value is -2.40. The van der Waals surface area contributed by atoms with Gasteiger partial charge in [0.1, 0.15) is 5.84 Å². The first-order valence-electron chi connectivity index (χ1n) is 9.97. The number of hydrogen-bond acceptors (Lipinski definition) is 3. The first kappa shape index (κ1) is 19.4. The number of nitrogens with one attached hydrogen (secondary N) is 2. The smallest absolute Gasteiger partial charge is 0.132 e. The summed E-state index contributed by atoms with van der Waals surface area (Å²) in [5.74, 6) is 1.64. The number of nitrogens with two attached hydrogens (primary N) is 1. The molecular formula is C22H31N5. The molecule has 0 radical (unpaired) electrons. The summed E-state index contributed by atoms with van der Waals surface area (Å²) in [5, 5.41) is 11.5. The van der Waals surface area contributed by atoms with Crippen LogP contribution in [0.1, 0.15) is 44.9 Å². The molecule has 1 aliphatic carbocycles. The van der Waals surface area contributed by atoms with E-state index in [2.05, 4.69) is 39.2 Å². The number of aromatic nitrogens is 2. The highest BCUT2D eigenvalue weighted by Gasteiger charge is 2.18. The summed E-state index contributed by atoms with van der Waals surface area (Å²) in [6.07, 6.45) is 12.7. The third kappa shape index (κ3) is 5.07. The third-order valence-electron chi connectivity index (χ3n) is 5.44. The molecule has 1 atom stereocenters. The molecule has 0 amide bonds. The molecule has 5 nitrogen and oxygen atoms in total. The average Bonchev–Trinajstić information content (AvgIpc) is 3.17. The van der Waals surface area contributed by atoms with Crippen LogP contribution in [0.15, 0.2) is 53.2 Å². The van der Waals surface area contributed by atoms with Crippen LogP contribution in [0.3, 0.4) is 0 Å². The van der Waals surface area contributed by atoms with E-state index in [4.69, 9.17) is 5.73 Å². The minimum Gasteiger partial charge on any atom is -0.340 e. The van der Waals surface area contributed by atoms with Gasteiger partial charge in [-0.2, -0.15) is 5.10 Å². The Morgan fingerprint density at radius 2 is 2.26 bits per heavy atom. The fourth-order valence-electron chi connectivity index (χ4n) is 3.75. The van der Waals surface area contributed by atoms with Crippen LogP contribution in [-0.4, -0.2) is 29.6 Å². The van der Waals surface area contributed by atoms with Crippen molar-refractivity contribution in [1.82, 2.24) is 10.2 Å². The third-order valence-corrected chi connectivity index (χ3v) is 5.44. The van der Waals surface area contributed by atoms with Gasteiger partial charge < -0.3 is 11.1 Å². The predicted octanol–water partition coefficient (Wildman–Crippen LogP) is 4.80. The second kappa shape index (κ2) is 9.51. The van der Waals surface area contributed by atoms with Gasteiger partial charge >= 0.3 is 0 Å². The monoisotopic (exact) mass is 365 g/mol. The highest BCUT2D eigenvalue weighted by atomic mass is 15.1. The fraction of sp³-hybridized carbons (Fsp3) is 0.455. The van der Waals surface area contributed by atoms with E-state index in [9.17, 15) is 0 Å². The quantitative estimate of drug-likeness (QED) is 0.357. The van der Waals surface area contributed by atoms with E-state index in [0.29, 0.717) is 0 Å². The van der Waals surface area contributed by atoms with Gasteiger partial charge in [-0.1, -0.05) is 31.9 Å². The lowest BCUT2D eigenvalue weighted by Crippen LogP contribution is -2.18. The lowest BCUT2D eigenvalue weighted by molar-refractivity contribution is 0.417. The Bertz CT molecular complexity index is 830. The summed E-state index contributed by atoms with van der Waals surface area (Å²) in [5.41, 5.74) is 9.94. The van der Waals surface area contributed by atoms with Crippen molar-refractivity contribution in [1.29, 1.82) is 0 Å². The zero-order valence-corrected chi connectivity index (χ0v) is 16.3. The number of unbranched alkanes of at least 4 members (excludes halogenated alkanes) is 2. The number of aromatic amines is 1. The van der Waals surface area contributed by atoms with Gasteiger partial charge in [0, 0.05) is 23.7 Å². The van der Waals surface area contributed by atoms with Crippen LogP contribution in [0.4, 0.5) is 5.69 Å². The molecule has 144 valence electrons. The molecule has 0 bridgehead atoms. The number of rotatable bonds is 8. The van der Waals surface area contributed by atoms with Crippen molar-refractivity contribution in [3.8, 4) is 0 Å². The Balaban J connectivity index is 1.57. The van der Waals surface area contributed by atoms with Crippen molar-refractivity contribution in [2.75, 3.05) is 18.9 Å². The van der Waals surface area contributed by atoms with Crippen molar-refractivity contribution in [2.45, 2.75) is 44.9 Å². The largest absolute Gasteiger partial charge is 0.340 e. The van der Waals surface area contributed by atoms with Crippen LogP contribution in [0.2, 0.25) is 0 Å². The number of anilines is 1. The van der Waals surface area contributed by atoms with E-state index in [1.165, 1.54) is 31.3 Å². The molecule has 1 unspecified atom stereocenters. The predicted molar refractivity (Wildman–Crippen MR) is 115 cm³/mol. The molecule has 0 fully saturated rings. The molecule has 1 aromatic carbocycles. The summed E-state index contributed by atoms with van der Waals surface area (Å²) < 4.78 is 0. The summed E-state index contributed by atoms with van der Waals surface area (Å²) in [7, 11) is 1.81. The number of fused-ring (bicyclic) bond motifs is 1. The first-order chi connectivity index (χ1) is 13.2. The van der Waals surface area contributed by atoms with Crippen LogP contribution in [-0.2, 0) is 0 Å². The van der Waals surface area contributed by atoms with Crippen LogP contribution >= 0.6 is 0 Å². The minimum absolute atomic E-state index is 0.804. The number of amidine groups is 1. The Morgan fingerprint density at radius 3 is 3.00 bits per heavy atom. The maximum Gasteiger partial charge on any atom is 0.132 e. The van der Waals surface area contributed by atoms with Gasteiger partial charge in [-0.3, -0.25) is 10.1 Å². The van der Waals surface area contributed by atoms with Gasteiger partial charge in [0.2, 0.25) is 0 Å². The van der Waals surface area contributed by atoms with E-state index < -0.39 is 0 Å². The van der Waals surface area contributed by atoms with Gasteiger partial charge in [-0.25, -0.2) is 0 Å². The number of aliphatic imine (C=N–C) groups is 1. The Labute approximate surface area is 161 Å². The highest BCUT2D eigenvalue weighted by Crippen LogP contribution is 2.31. The van der Waals surface area contributed by atoms with E-state index in [-0.39, 0.29) is 0 Å². The normalized spacial score (nSPS) is 17.8. The molecule has 0 aliphatic heterocycles. The maximum absolute atomic E-state index is 5.58. The fourth-order valence-corrected chi connectivity index (χ4v) is 3.75. The summed E-state index contributed by atoms with van der Waals surface area (Å²) in [6.45, 7) is 5.13. The molecule has 1 aromatic heterocycles. The number of H-pyrrole nitrogens is 1. The second-order valence-electron chi connectivity index (χ2n) is 7.36. The number of hydrogen-bond donors (Lipinski definition) is 3. The minimum atomic E-state index is 0.804. The van der Waals surface area contributed by atoms with Crippen LogP contribution in [0.5, 0.6) is 0 Å². The van der Waals surface area contributed by atoms with Crippen LogP contribution < -0.4 is 11.1 Å². The van der Waals surface area contributed by atoms with Crippen molar-refractivity contribution in [3.63, 3.8) is 0 Å². The first-order valence-corrected chi connectivity index (χ1v) is 9.97. The van der Waals surface area contributed by atoms with Gasteiger partial charge in [0.25, 0.3) is 0 Å². The Morgan fingerprint density at radius 1 is 1.37 bits per heavy atom. The molecule has 1 aliphatic rings. The van der Waals surface area contributed by atoms with Crippen molar-refractivity contribution in [3.05, 3.63) is 48.2 Å². The topological polar surface area (TPSA) is 79.1 Å². The molecule has 0 saturated heterocycles. The zero-order chi connectivity index (χ0) is 19.1. The number of benzene rings is 1. The molecular weight excluding hydrogens is 334 g/mol. The van der Waals surface area contributed by atoms with Gasteiger partial charge in [0.15, 0.2) is 0 Å². The summed E-state index contributed by atoms with van der Waals surface area (Å²) in [4.78, 5) is 4.45. The maximum atomic E-state index is 5.58. The molecule has 0 saturated carbocycles. The van der Waals surface area contributed by atoms with Crippen molar-refractivity contribution in [2.24, 2.45) is 16.6 Å². The van der Waals surface area contributed by atoms with Crippen LogP contribution in [0, 0.1) is 5.92 Å². The molecule has 4 N–H and O–H groups in total. The molecule has 0 spiro atoms. The standard InChI is InChI=1S/C22H31N5/c1-16(18-9-7-17(8-10-18)6-4-3-5-13-23)22(24-2)26-20-11-12-21-19(14-20)15-25-27-21/h9,11-12,14-15,17H,1,3-8,10,13,23H2,2H3,(H,24,26)(H,25,27). The summed E-state index contributed by atoms with van der Waals surface area (Å²) in [6, 6.07) is 6.13. The van der Waals surface area contributed by atoms with Gasteiger partial charge in [-0.05, 0) is 61.9 Å². The van der Waals surface area contributed by atoms with Crippen molar-refractivity contribution < 1.29 is 0 Å². The highest BCUT2D eigenvalue weighted by molar-refractivity contribution is 6.10. The average molecular weight is 366 g/mol. The lowest BCUT2D eigenvalue weighted by atomic mass is 9.83. The molecule has 3 rings (SSSR count). The van der Waals surface area contributed by atoms with Gasteiger partial charge in [0.05, 0.1) is 11.7 Å². The molecule has 2 aromatic rings. The van der Waals surface area contributed by atoms with Crippen LogP contribution in [0.25, 0.3) is 10.9 Å². The van der Waals surface area contributed by atoms with Crippen molar-refractivity contribution >= 4 is 22.4 Å². The molecule has 5 heteroatoms. The van der Waals surface area contributed by atoms with E-state index >= 15 is 0 Å². The lowest BCUT2D eigenvalue weighted by Gasteiger charge is -2.24. The van der Waals surface area contributed by atoms with E-state index in [0.717, 1.165) is 59.7 Å². The SMILES string of the molecule is C=C(C1=CCC(CCCCCN)CC1)C(=NC)Nc1ccc2[nH]ncc2c1. The van der Waals surface area contributed by atoms with E-state index in [1.807, 2.05) is 25.4 Å². The summed E-state index contributed by atoms with van der Waals surface area (Å²) >= 11 is 0. The van der Waals surface area contributed by atoms with Gasteiger partial charge in [-0.15, -0.1) is 0 Å². The molecule has 27 heavy (non-hydrogen) atoms. The number of nitrogens with zero attached hydrogens (tertiary/aromatic N) is 2. The second-order valence-corrected chi connectivity index (χ2v) is 7.36. The zero-order valence-electron chi connectivity index (χ0n) is 16.3.